The number of anilines is 1. The molecule has 2 fully saturated rings. The lowest BCUT2D eigenvalue weighted by atomic mass is 9.66. The molecule has 0 radical (unpaired) electrons. The Morgan fingerprint density at radius 1 is 1.27 bits per heavy atom. The Balaban J connectivity index is 1.91. The van der Waals surface area contributed by atoms with Crippen molar-refractivity contribution in [3.05, 3.63) is 24.3 Å². The van der Waals surface area contributed by atoms with E-state index >= 15 is 0 Å². The molecule has 2 atom stereocenters. The highest BCUT2D eigenvalue weighted by Gasteiger charge is 2.75. The Morgan fingerprint density at radius 3 is 2.55 bits per heavy atom. The molecule has 1 saturated carbocycles. The van der Waals surface area contributed by atoms with Crippen LogP contribution >= 0.6 is 0 Å². The van der Waals surface area contributed by atoms with Gasteiger partial charge in [-0.2, -0.15) is 0 Å². The third-order valence-electron chi connectivity index (χ3n) is 5.78. The van der Waals surface area contributed by atoms with Crippen LogP contribution < -0.4 is 10.1 Å². The molecule has 1 N–H and O–H groups in total. The molecule has 0 unspecified atom stereocenters. The van der Waals surface area contributed by atoms with Crippen LogP contribution in [0.1, 0.15) is 33.6 Å². The average molecular weight is 303 g/mol. The summed E-state index contributed by atoms with van der Waals surface area (Å²) in [7, 11) is 1.57. The minimum Gasteiger partial charge on any atom is -0.497 e. The zero-order valence-electron chi connectivity index (χ0n) is 13.4. The van der Waals surface area contributed by atoms with Crippen LogP contribution in [0.25, 0.3) is 0 Å². The normalized spacial score (nSPS) is 31.7. The lowest BCUT2D eigenvalue weighted by Crippen LogP contribution is -2.50. The predicted molar refractivity (Wildman–Crippen MR) is 81.6 cm³/mol. The molecule has 5 heteroatoms. The Hall–Kier alpha value is -2.04. The smallest absolute Gasteiger partial charge is 0.313 e. The molecule has 2 bridgehead atoms. The number of esters is 1. The number of rotatable bonds is 3. The van der Waals surface area contributed by atoms with Gasteiger partial charge in [0.05, 0.1) is 12.5 Å². The van der Waals surface area contributed by atoms with Crippen LogP contribution in [0.3, 0.4) is 0 Å². The number of nitrogens with one attached hydrogen (secondary N) is 1. The van der Waals surface area contributed by atoms with Crippen LogP contribution in [0.15, 0.2) is 24.3 Å². The molecule has 1 aliphatic heterocycles. The van der Waals surface area contributed by atoms with Crippen molar-refractivity contribution in [1.82, 2.24) is 0 Å². The van der Waals surface area contributed by atoms with Crippen molar-refractivity contribution in [3.63, 3.8) is 0 Å². The first-order chi connectivity index (χ1) is 10.3. The molecule has 1 aliphatic carbocycles. The van der Waals surface area contributed by atoms with Gasteiger partial charge < -0.3 is 14.8 Å². The Labute approximate surface area is 130 Å². The number of benzene rings is 1. The fraction of sp³-hybridized carbons (Fsp3) is 0.529. The second kappa shape index (κ2) is 4.48. The highest BCUT2D eigenvalue weighted by molar-refractivity contribution is 6.03. The van der Waals surface area contributed by atoms with Gasteiger partial charge in [0.2, 0.25) is 0 Å². The zero-order chi connectivity index (χ0) is 16.2. The van der Waals surface area contributed by atoms with Gasteiger partial charge in [0.25, 0.3) is 5.91 Å². The van der Waals surface area contributed by atoms with Crippen LogP contribution in [-0.4, -0.2) is 24.6 Å². The first-order valence-corrected chi connectivity index (χ1v) is 7.46. The SMILES string of the molecule is COc1cccc(NC(=O)[C@@]23CC[C@@](C)(C(=O)O2)C3(C)C)c1. The summed E-state index contributed by atoms with van der Waals surface area (Å²) in [5.41, 5.74) is -1.60. The number of carbonyl (C=O) groups excluding carboxylic acids is 2. The van der Waals surface area contributed by atoms with E-state index in [9.17, 15) is 9.59 Å². The Morgan fingerprint density at radius 2 is 2.00 bits per heavy atom. The molecule has 22 heavy (non-hydrogen) atoms. The molecule has 1 amide bonds. The number of hydrogen-bond acceptors (Lipinski definition) is 4. The second-order valence-corrected chi connectivity index (χ2v) is 6.86. The number of methoxy groups -OCH3 is 1. The van der Waals surface area contributed by atoms with Crippen LogP contribution in [0.4, 0.5) is 5.69 Å². The lowest BCUT2D eigenvalue weighted by Gasteiger charge is -2.35. The quantitative estimate of drug-likeness (QED) is 0.872. The van der Waals surface area contributed by atoms with Gasteiger partial charge in [-0.3, -0.25) is 9.59 Å². The summed E-state index contributed by atoms with van der Waals surface area (Å²) in [6.07, 6.45) is 1.22. The predicted octanol–water partition coefficient (Wildman–Crippen LogP) is 2.76. The number of fused-ring (bicyclic) bond motifs is 2. The van der Waals surface area contributed by atoms with E-state index in [0.29, 0.717) is 24.3 Å². The molecule has 0 aromatic heterocycles. The summed E-state index contributed by atoms with van der Waals surface area (Å²) in [6.45, 7) is 5.77. The summed E-state index contributed by atoms with van der Waals surface area (Å²) in [4.78, 5) is 25.1. The van der Waals surface area contributed by atoms with Crippen molar-refractivity contribution in [2.24, 2.45) is 10.8 Å². The van der Waals surface area contributed by atoms with E-state index in [0.717, 1.165) is 0 Å². The minimum atomic E-state index is -1.10. The molecule has 118 valence electrons. The summed E-state index contributed by atoms with van der Waals surface area (Å²) < 4.78 is 10.7. The largest absolute Gasteiger partial charge is 0.497 e. The number of hydrogen-bond donors (Lipinski definition) is 1. The summed E-state index contributed by atoms with van der Waals surface area (Å²) in [5.74, 6) is 0.124. The maximum atomic E-state index is 12.9. The minimum absolute atomic E-state index is 0.264. The third kappa shape index (κ3) is 1.65. The second-order valence-electron chi connectivity index (χ2n) is 6.86. The number of ether oxygens (including phenoxy) is 2. The highest BCUT2D eigenvalue weighted by atomic mass is 16.6. The van der Waals surface area contributed by atoms with Crippen LogP contribution in [0.5, 0.6) is 5.75 Å². The molecule has 1 aromatic rings. The molecular weight excluding hydrogens is 282 g/mol. The van der Waals surface area contributed by atoms with Crippen LogP contribution in [0.2, 0.25) is 0 Å². The van der Waals surface area contributed by atoms with E-state index in [-0.39, 0.29) is 11.9 Å². The van der Waals surface area contributed by atoms with E-state index < -0.39 is 16.4 Å². The third-order valence-corrected chi connectivity index (χ3v) is 5.78. The molecule has 1 aromatic carbocycles. The number of carbonyl (C=O) groups is 2. The molecule has 2 aliphatic rings. The van der Waals surface area contributed by atoms with Gasteiger partial charge in [-0.05, 0) is 31.9 Å². The van der Waals surface area contributed by atoms with Gasteiger partial charge >= 0.3 is 5.97 Å². The molecule has 3 rings (SSSR count). The molecule has 1 saturated heterocycles. The van der Waals surface area contributed by atoms with Crippen molar-refractivity contribution >= 4 is 17.6 Å². The fourth-order valence-electron chi connectivity index (χ4n) is 3.68. The lowest BCUT2D eigenvalue weighted by molar-refractivity contribution is -0.165. The standard InChI is InChI=1S/C17H21NO4/c1-15(2)16(3)8-9-17(15,22-14(16)20)13(19)18-11-6-5-7-12(10-11)21-4/h5-7,10H,8-9H2,1-4H3,(H,18,19)/t16-,17+/m0/s1. The first-order valence-electron chi connectivity index (χ1n) is 7.46. The van der Waals surface area contributed by atoms with Crippen LogP contribution in [0, 0.1) is 10.8 Å². The van der Waals surface area contributed by atoms with Gasteiger partial charge in [-0.1, -0.05) is 19.9 Å². The van der Waals surface area contributed by atoms with Crippen molar-refractivity contribution in [2.45, 2.75) is 39.2 Å². The van der Waals surface area contributed by atoms with E-state index in [4.69, 9.17) is 9.47 Å². The van der Waals surface area contributed by atoms with Crippen LogP contribution in [-0.2, 0) is 14.3 Å². The highest BCUT2D eigenvalue weighted by Crippen LogP contribution is 2.65. The maximum Gasteiger partial charge on any atom is 0.313 e. The molecular formula is C17H21NO4. The topological polar surface area (TPSA) is 64.6 Å². The van der Waals surface area contributed by atoms with E-state index in [1.54, 1.807) is 31.4 Å². The maximum absolute atomic E-state index is 12.9. The molecule has 0 spiro atoms. The van der Waals surface area contributed by atoms with E-state index in [1.807, 2.05) is 20.8 Å². The summed E-state index contributed by atoms with van der Waals surface area (Å²) >= 11 is 0. The van der Waals surface area contributed by atoms with Crippen molar-refractivity contribution in [1.29, 1.82) is 0 Å². The van der Waals surface area contributed by atoms with Gasteiger partial charge in [0, 0.05) is 17.2 Å². The Bertz CT molecular complexity index is 654. The summed E-state index contributed by atoms with van der Waals surface area (Å²) in [6, 6.07) is 7.14. The van der Waals surface area contributed by atoms with E-state index in [1.165, 1.54) is 0 Å². The number of amides is 1. The summed E-state index contributed by atoms with van der Waals surface area (Å²) in [5, 5.41) is 2.87. The van der Waals surface area contributed by atoms with Gasteiger partial charge in [-0.25, -0.2) is 0 Å². The zero-order valence-corrected chi connectivity index (χ0v) is 13.4. The van der Waals surface area contributed by atoms with Crippen molar-refractivity contribution < 1.29 is 19.1 Å². The molecule has 5 nitrogen and oxygen atoms in total. The van der Waals surface area contributed by atoms with Gasteiger partial charge in [-0.15, -0.1) is 0 Å². The van der Waals surface area contributed by atoms with Crippen molar-refractivity contribution in [2.75, 3.05) is 12.4 Å². The van der Waals surface area contributed by atoms with Gasteiger partial charge in [0.1, 0.15) is 5.75 Å². The van der Waals surface area contributed by atoms with Gasteiger partial charge in [0.15, 0.2) is 5.60 Å². The fourth-order valence-corrected chi connectivity index (χ4v) is 3.68. The van der Waals surface area contributed by atoms with Crippen molar-refractivity contribution in [3.8, 4) is 5.75 Å². The van der Waals surface area contributed by atoms with E-state index in [2.05, 4.69) is 5.32 Å². The Kier molecular flexibility index (Phi) is 3.03. The average Bonchev–Trinajstić information content (AvgIpc) is 2.78. The first kappa shape index (κ1) is 14.9. The molecule has 1 heterocycles. The monoisotopic (exact) mass is 303 g/mol.